The molecule has 1 N–H and O–H groups in total. The van der Waals surface area contributed by atoms with Crippen LogP contribution >= 0.6 is 45.8 Å². The van der Waals surface area contributed by atoms with E-state index in [4.69, 9.17) is 23.2 Å². The molecule has 4 nitrogen and oxygen atoms in total. The summed E-state index contributed by atoms with van der Waals surface area (Å²) in [4.78, 5) is 11.0. The van der Waals surface area contributed by atoms with E-state index < -0.39 is 0 Å². The SMILES string of the molecule is C[C@H]1CN(c2ccc(Cl)c(Cl)c2)N=C1NC(=O)I. The third kappa shape index (κ3) is 3.07. The van der Waals surface area contributed by atoms with Crippen molar-refractivity contribution < 1.29 is 4.79 Å². The zero-order valence-corrected chi connectivity index (χ0v) is 13.1. The number of anilines is 1. The van der Waals surface area contributed by atoms with E-state index in [1.807, 2.05) is 13.0 Å². The maximum atomic E-state index is 11.0. The number of halogens is 3. The first-order valence-electron chi connectivity index (χ1n) is 5.25. The van der Waals surface area contributed by atoms with Crippen LogP contribution in [0.4, 0.5) is 10.5 Å². The Kier molecular flexibility index (Phi) is 4.34. The predicted molar refractivity (Wildman–Crippen MR) is 83.0 cm³/mol. The van der Waals surface area contributed by atoms with Crippen molar-refractivity contribution in [1.29, 1.82) is 0 Å². The van der Waals surface area contributed by atoms with Crippen LogP contribution in [0.2, 0.25) is 10.0 Å². The van der Waals surface area contributed by atoms with E-state index >= 15 is 0 Å². The molecule has 7 heteroatoms. The highest BCUT2D eigenvalue weighted by Gasteiger charge is 2.24. The summed E-state index contributed by atoms with van der Waals surface area (Å²) in [6, 6.07) is 5.34. The second-order valence-electron chi connectivity index (χ2n) is 3.97. The van der Waals surface area contributed by atoms with Crippen LogP contribution in [0.3, 0.4) is 0 Å². The first-order chi connectivity index (χ1) is 8.47. The lowest BCUT2D eigenvalue weighted by atomic mass is 10.1. The van der Waals surface area contributed by atoms with Gasteiger partial charge in [0, 0.05) is 28.5 Å². The van der Waals surface area contributed by atoms with Gasteiger partial charge in [0.15, 0.2) is 0 Å². The Labute approximate surface area is 128 Å². The summed E-state index contributed by atoms with van der Waals surface area (Å²) in [5.74, 6) is 0.832. The number of rotatable bonds is 1. The second-order valence-corrected chi connectivity index (χ2v) is 5.76. The van der Waals surface area contributed by atoms with Gasteiger partial charge in [-0.15, -0.1) is 0 Å². The molecule has 0 aliphatic carbocycles. The van der Waals surface area contributed by atoms with Gasteiger partial charge in [0.1, 0.15) is 5.84 Å². The quantitative estimate of drug-likeness (QED) is 0.443. The van der Waals surface area contributed by atoms with Crippen LogP contribution in [-0.4, -0.2) is 16.3 Å². The minimum atomic E-state index is -0.144. The lowest BCUT2D eigenvalue weighted by Crippen LogP contribution is -2.29. The minimum absolute atomic E-state index is 0.144. The Balaban J connectivity index is 2.22. The molecule has 0 saturated heterocycles. The molecule has 0 bridgehead atoms. The highest BCUT2D eigenvalue weighted by atomic mass is 127. The largest absolute Gasteiger partial charge is 0.304 e. The second kappa shape index (κ2) is 5.63. The smallest absolute Gasteiger partial charge is 0.285 e. The van der Waals surface area contributed by atoms with Crippen LogP contribution in [0, 0.1) is 5.92 Å². The van der Waals surface area contributed by atoms with E-state index in [-0.39, 0.29) is 9.83 Å². The lowest BCUT2D eigenvalue weighted by molar-refractivity contribution is 0.266. The molecule has 0 spiro atoms. The number of carbonyl (C=O) groups is 1. The van der Waals surface area contributed by atoms with Crippen LogP contribution in [-0.2, 0) is 0 Å². The summed E-state index contributed by atoms with van der Waals surface area (Å²) in [7, 11) is 0. The highest BCUT2D eigenvalue weighted by molar-refractivity contribution is 14.1. The number of nitrogens with zero attached hydrogens (tertiary/aromatic N) is 2. The molecule has 0 saturated carbocycles. The monoisotopic (exact) mass is 397 g/mol. The van der Waals surface area contributed by atoms with Crippen molar-refractivity contribution in [2.24, 2.45) is 11.0 Å². The predicted octanol–water partition coefficient (Wildman–Crippen LogP) is 3.91. The number of amides is 1. The molecule has 0 unspecified atom stereocenters. The fraction of sp³-hybridized carbons (Fsp3) is 0.273. The Morgan fingerprint density at radius 1 is 1.50 bits per heavy atom. The Bertz CT molecular complexity index is 521. The third-order valence-electron chi connectivity index (χ3n) is 2.57. The van der Waals surface area contributed by atoms with Gasteiger partial charge >= 0.3 is 0 Å². The number of amidine groups is 1. The molecule has 2 rings (SSSR count). The van der Waals surface area contributed by atoms with E-state index in [2.05, 4.69) is 10.4 Å². The van der Waals surface area contributed by atoms with Gasteiger partial charge in [0.2, 0.25) is 0 Å². The van der Waals surface area contributed by atoms with Crippen LogP contribution in [0.25, 0.3) is 0 Å². The molecule has 1 aliphatic rings. The van der Waals surface area contributed by atoms with Crippen LogP contribution < -0.4 is 10.3 Å². The van der Waals surface area contributed by atoms with Crippen molar-refractivity contribution in [3.05, 3.63) is 28.2 Å². The number of hydrogen-bond donors (Lipinski definition) is 1. The maximum Gasteiger partial charge on any atom is 0.285 e. The van der Waals surface area contributed by atoms with Gasteiger partial charge in [-0.05, 0) is 18.2 Å². The summed E-state index contributed by atoms with van der Waals surface area (Å²) in [6.45, 7) is 2.70. The lowest BCUT2D eigenvalue weighted by Gasteiger charge is -2.14. The molecule has 1 aliphatic heterocycles. The summed E-state index contributed by atoms with van der Waals surface area (Å²) in [5, 5.41) is 9.88. The van der Waals surface area contributed by atoms with Gasteiger partial charge in [-0.1, -0.05) is 30.1 Å². The van der Waals surface area contributed by atoms with Crippen molar-refractivity contribution >= 4 is 61.2 Å². The van der Waals surface area contributed by atoms with Crippen molar-refractivity contribution in [3.63, 3.8) is 0 Å². The van der Waals surface area contributed by atoms with Gasteiger partial charge in [0.25, 0.3) is 3.91 Å². The van der Waals surface area contributed by atoms with E-state index in [0.717, 1.165) is 5.69 Å². The van der Waals surface area contributed by atoms with Crippen molar-refractivity contribution in [2.45, 2.75) is 6.92 Å². The molecule has 1 aromatic carbocycles. The van der Waals surface area contributed by atoms with Crippen molar-refractivity contribution in [2.75, 3.05) is 11.6 Å². The standard InChI is InChI=1S/C11H10Cl2IN3O/c1-6-5-17(16-10(6)15-11(14)18)7-2-3-8(12)9(13)4-7/h2-4,6H,5H2,1H3,(H,15,16,18)/t6-/m0/s1. The van der Waals surface area contributed by atoms with Crippen LogP contribution in [0.1, 0.15) is 6.92 Å². The van der Waals surface area contributed by atoms with E-state index in [1.165, 1.54) is 0 Å². The minimum Gasteiger partial charge on any atom is -0.304 e. The average Bonchev–Trinajstić information content (AvgIpc) is 2.63. The average molecular weight is 398 g/mol. The number of nitrogens with one attached hydrogen (secondary N) is 1. The molecule has 0 radical (unpaired) electrons. The Morgan fingerprint density at radius 2 is 2.22 bits per heavy atom. The van der Waals surface area contributed by atoms with Crippen LogP contribution in [0.5, 0.6) is 0 Å². The number of hydrazone groups is 1. The maximum absolute atomic E-state index is 11.0. The summed E-state index contributed by atoms with van der Waals surface area (Å²) < 4.78 is -0.144. The molecule has 1 heterocycles. The summed E-state index contributed by atoms with van der Waals surface area (Å²) in [6.07, 6.45) is 0. The first kappa shape index (κ1) is 13.9. The topological polar surface area (TPSA) is 44.7 Å². The normalized spacial score (nSPS) is 18.8. The fourth-order valence-corrected chi connectivity index (χ4v) is 2.24. The van der Waals surface area contributed by atoms with E-state index in [1.54, 1.807) is 39.7 Å². The molecular weight excluding hydrogens is 388 g/mol. The summed E-state index contributed by atoms with van der Waals surface area (Å²) >= 11 is 13.5. The highest BCUT2D eigenvalue weighted by Crippen LogP contribution is 2.29. The molecule has 1 amide bonds. The first-order valence-corrected chi connectivity index (χ1v) is 7.08. The van der Waals surface area contributed by atoms with Crippen molar-refractivity contribution in [3.8, 4) is 0 Å². The van der Waals surface area contributed by atoms with Gasteiger partial charge in [0.05, 0.1) is 22.3 Å². The van der Waals surface area contributed by atoms with Gasteiger partial charge in [-0.2, -0.15) is 5.10 Å². The van der Waals surface area contributed by atoms with E-state index in [9.17, 15) is 4.79 Å². The summed E-state index contributed by atoms with van der Waals surface area (Å²) in [5.41, 5.74) is 0.856. The molecule has 1 atom stereocenters. The Morgan fingerprint density at radius 3 is 2.83 bits per heavy atom. The van der Waals surface area contributed by atoms with Crippen molar-refractivity contribution in [1.82, 2.24) is 5.32 Å². The molecular formula is C11H10Cl2IN3O. The zero-order chi connectivity index (χ0) is 13.3. The third-order valence-corrected chi connectivity index (χ3v) is 3.58. The van der Waals surface area contributed by atoms with E-state index in [0.29, 0.717) is 22.4 Å². The number of carbonyl (C=O) groups excluding carboxylic acids is 1. The fourth-order valence-electron chi connectivity index (χ4n) is 1.67. The molecule has 0 fully saturated rings. The van der Waals surface area contributed by atoms with Crippen LogP contribution in [0.15, 0.2) is 23.3 Å². The van der Waals surface area contributed by atoms with Gasteiger partial charge < -0.3 is 5.32 Å². The molecule has 0 aromatic heterocycles. The Hall–Kier alpha value is -0.530. The molecule has 96 valence electrons. The number of hydrogen-bond acceptors (Lipinski definition) is 3. The molecule has 18 heavy (non-hydrogen) atoms. The molecule has 1 aromatic rings. The zero-order valence-electron chi connectivity index (χ0n) is 9.45. The number of benzene rings is 1. The van der Waals surface area contributed by atoms with Gasteiger partial charge in [-0.25, -0.2) is 0 Å². The van der Waals surface area contributed by atoms with Gasteiger partial charge in [-0.3, -0.25) is 9.80 Å².